The third-order valence-corrected chi connectivity index (χ3v) is 3.61. The molecule has 0 radical (unpaired) electrons. The van der Waals surface area contributed by atoms with Gasteiger partial charge in [-0.3, -0.25) is 11.3 Å². The number of likely N-dealkylation sites (N-methyl/N-ethyl adjacent to an activating group) is 1. The molecular weight excluding hydrogens is 238 g/mol. The Morgan fingerprint density at radius 2 is 1.68 bits per heavy atom. The lowest BCUT2D eigenvalue weighted by Gasteiger charge is -2.40. The molecule has 0 spiro atoms. The van der Waals surface area contributed by atoms with Gasteiger partial charge in [0.2, 0.25) is 0 Å². The summed E-state index contributed by atoms with van der Waals surface area (Å²) in [5.74, 6) is 6.63. The Labute approximate surface area is 116 Å². The van der Waals surface area contributed by atoms with Gasteiger partial charge in [-0.15, -0.1) is 0 Å². The second kappa shape index (κ2) is 6.37. The summed E-state index contributed by atoms with van der Waals surface area (Å²) in [5.41, 5.74) is 3.98. The average Bonchev–Trinajstić information content (AvgIpc) is 2.31. The van der Waals surface area contributed by atoms with Gasteiger partial charge in [0, 0.05) is 5.54 Å². The summed E-state index contributed by atoms with van der Waals surface area (Å²) in [7, 11) is 4.11. The van der Waals surface area contributed by atoms with Crippen molar-refractivity contribution in [2.75, 3.05) is 14.1 Å². The number of nitrogens with two attached hydrogens (primary N) is 1. The first kappa shape index (κ1) is 16.0. The fourth-order valence-electron chi connectivity index (χ4n) is 1.98. The standard InChI is InChI=1S/C15H27N3O/c1-11(2)19-13-9-7-12(8-10-13)14(17-16)15(3,4)18(5)6/h7-11,14,17H,16H2,1-6H3. The quantitative estimate of drug-likeness (QED) is 0.612. The molecule has 0 bridgehead atoms. The van der Waals surface area contributed by atoms with Gasteiger partial charge in [-0.1, -0.05) is 12.1 Å². The molecule has 0 fully saturated rings. The van der Waals surface area contributed by atoms with Crippen LogP contribution in [0.3, 0.4) is 0 Å². The molecule has 4 heteroatoms. The molecule has 4 nitrogen and oxygen atoms in total. The predicted molar refractivity (Wildman–Crippen MR) is 80.0 cm³/mol. The van der Waals surface area contributed by atoms with E-state index in [1.54, 1.807) is 0 Å². The van der Waals surface area contributed by atoms with Crippen molar-refractivity contribution in [1.29, 1.82) is 0 Å². The summed E-state index contributed by atoms with van der Waals surface area (Å²) in [6.45, 7) is 8.37. The Bertz CT molecular complexity index is 385. The van der Waals surface area contributed by atoms with Gasteiger partial charge in [0.05, 0.1) is 12.1 Å². The lowest BCUT2D eigenvalue weighted by molar-refractivity contribution is 0.138. The Morgan fingerprint density at radius 1 is 1.16 bits per heavy atom. The largest absolute Gasteiger partial charge is 0.491 e. The third-order valence-electron chi connectivity index (χ3n) is 3.61. The number of nitrogens with one attached hydrogen (secondary N) is 1. The highest BCUT2D eigenvalue weighted by atomic mass is 16.5. The molecule has 0 aliphatic carbocycles. The van der Waals surface area contributed by atoms with Crippen LogP contribution in [-0.4, -0.2) is 30.6 Å². The van der Waals surface area contributed by atoms with Gasteiger partial charge in [0.15, 0.2) is 0 Å². The molecule has 0 saturated heterocycles. The van der Waals surface area contributed by atoms with Crippen LogP contribution < -0.4 is 16.0 Å². The van der Waals surface area contributed by atoms with E-state index >= 15 is 0 Å². The molecule has 1 atom stereocenters. The van der Waals surface area contributed by atoms with E-state index in [0.29, 0.717) is 0 Å². The van der Waals surface area contributed by atoms with Crippen LogP contribution in [0, 0.1) is 0 Å². The highest BCUT2D eigenvalue weighted by Crippen LogP contribution is 2.29. The van der Waals surface area contributed by atoms with Gasteiger partial charge in [-0.05, 0) is 59.5 Å². The fraction of sp³-hybridized carbons (Fsp3) is 0.600. The molecule has 0 amide bonds. The summed E-state index contributed by atoms with van der Waals surface area (Å²) in [6, 6.07) is 8.16. The van der Waals surface area contributed by atoms with E-state index in [1.807, 2.05) is 26.0 Å². The number of hydrogen-bond acceptors (Lipinski definition) is 4. The highest BCUT2D eigenvalue weighted by molar-refractivity contribution is 5.31. The molecule has 1 unspecified atom stereocenters. The minimum Gasteiger partial charge on any atom is -0.491 e. The predicted octanol–water partition coefficient (Wildman–Crippen LogP) is 2.32. The summed E-state index contributed by atoms with van der Waals surface area (Å²) < 4.78 is 5.65. The normalized spacial score (nSPS) is 13.9. The number of ether oxygens (including phenoxy) is 1. The highest BCUT2D eigenvalue weighted by Gasteiger charge is 2.32. The molecule has 1 aromatic carbocycles. The van der Waals surface area contributed by atoms with Crippen LogP contribution in [0.1, 0.15) is 39.3 Å². The fourth-order valence-corrected chi connectivity index (χ4v) is 1.98. The maximum absolute atomic E-state index is 5.74. The van der Waals surface area contributed by atoms with Crippen molar-refractivity contribution in [3.8, 4) is 5.75 Å². The van der Waals surface area contributed by atoms with E-state index in [9.17, 15) is 0 Å². The Kier molecular flexibility index (Phi) is 5.35. The maximum Gasteiger partial charge on any atom is 0.119 e. The summed E-state index contributed by atoms with van der Waals surface area (Å²) >= 11 is 0. The lowest BCUT2D eigenvalue weighted by Crippen LogP contribution is -2.51. The van der Waals surface area contributed by atoms with Crippen LogP contribution in [-0.2, 0) is 0 Å². The molecule has 0 aliphatic rings. The smallest absolute Gasteiger partial charge is 0.119 e. The molecule has 0 saturated carbocycles. The second-order valence-electron chi connectivity index (χ2n) is 5.88. The van der Waals surface area contributed by atoms with Gasteiger partial charge in [0.25, 0.3) is 0 Å². The lowest BCUT2D eigenvalue weighted by atomic mass is 9.88. The van der Waals surface area contributed by atoms with E-state index < -0.39 is 0 Å². The van der Waals surface area contributed by atoms with Crippen LogP contribution in [0.5, 0.6) is 5.75 Å². The first-order valence-corrected chi connectivity index (χ1v) is 6.69. The summed E-state index contributed by atoms with van der Waals surface area (Å²) in [4.78, 5) is 2.16. The molecule has 3 N–H and O–H groups in total. The van der Waals surface area contributed by atoms with E-state index in [4.69, 9.17) is 10.6 Å². The van der Waals surface area contributed by atoms with E-state index in [0.717, 1.165) is 11.3 Å². The van der Waals surface area contributed by atoms with Crippen LogP contribution in [0.15, 0.2) is 24.3 Å². The van der Waals surface area contributed by atoms with Crippen LogP contribution in [0.4, 0.5) is 0 Å². The monoisotopic (exact) mass is 265 g/mol. The summed E-state index contributed by atoms with van der Waals surface area (Å²) in [6.07, 6.45) is 0.187. The number of rotatable bonds is 6. The maximum atomic E-state index is 5.74. The SMILES string of the molecule is CC(C)Oc1ccc(C(NN)C(C)(C)N(C)C)cc1. The minimum atomic E-state index is -0.0881. The zero-order valence-electron chi connectivity index (χ0n) is 12.9. The van der Waals surface area contributed by atoms with Crippen molar-refractivity contribution in [2.24, 2.45) is 5.84 Å². The molecule has 108 valence electrons. The average molecular weight is 265 g/mol. The molecule has 0 heterocycles. The zero-order valence-corrected chi connectivity index (χ0v) is 12.9. The molecule has 0 aliphatic heterocycles. The van der Waals surface area contributed by atoms with Crippen molar-refractivity contribution in [3.05, 3.63) is 29.8 Å². The Hall–Kier alpha value is -1.10. The van der Waals surface area contributed by atoms with Gasteiger partial charge in [-0.2, -0.15) is 0 Å². The number of hydrogen-bond donors (Lipinski definition) is 2. The number of hydrazine groups is 1. The Balaban J connectivity index is 2.94. The summed E-state index contributed by atoms with van der Waals surface area (Å²) in [5, 5.41) is 0. The molecule has 1 aromatic rings. The molecule has 19 heavy (non-hydrogen) atoms. The van der Waals surface area contributed by atoms with E-state index in [2.05, 4.69) is 50.4 Å². The number of nitrogens with zero attached hydrogens (tertiary/aromatic N) is 1. The van der Waals surface area contributed by atoms with Crippen LogP contribution in [0.2, 0.25) is 0 Å². The molecule has 1 rings (SSSR count). The number of benzene rings is 1. The second-order valence-corrected chi connectivity index (χ2v) is 5.88. The van der Waals surface area contributed by atoms with Crippen molar-refractivity contribution < 1.29 is 4.74 Å². The molecule has 0 aromatic heterocycles. The van der Waals surface area contributed by atoms with Gasteiger partial charge in [0.1, 0.15) is 5.75 Å². The van der Waals surface area contributed by atoms with Gasteiger partial charge in [-0.25, -0.2) is 0 Å². The van der Waals surface area contributed by atoms with Crippen molar-refractivity contribution >= 4 is 0 Å². The first-order chi connectivity index (χ1) is 8.78. The van der Waals surface area contributed by atoms with Crippen molar-refractivity contribution in [3.63, 3.8) is 0 Å². The topological polar surface area (TPSA) is 50.5 Å². The third kappa shape index (κ3) is 3.93. The van der Waals surface area contributed by atoms with Gasteiger partial charge >= 0.3 is 0 Å². The van der Waals surface area contributed by atoms with E-state index in [-0.39, 0.29) is 17.7 Å². The van der Waals surface area contributed by atoms with Crippen LogP contribution >= 0.6 is 0 Å². The zero-order chi connectivity index (χ0) is 14.6. The first-order valence-electron chi connectivity index (χ1n) is 6.69. The van der Waals surface area contributed by atoms with Gasteiger partial charge < -0.3 is 9.64 Å². The van der Waals surface area contributed by atoms with Crippen molar-refractivity contribution in [1.82, 2.24) is 10.3 Å². The van der Waals surface area contributed by atoms with Crippen molar-refractivity contribution in [2.45, 2.75) is 45.4 Å². The van der Waals surface area contributed by atoms with Crippen LogP contribution in [0.25, 0.3) is 0 Å². The van der Waals surface area contributed by atoms with E-state index in [1.165, 1.54) is 0 Å². The Morgan fingerprint density at radius 3 is 2.05 bits per heavy atom. The minimum absolute atomic E-state index is 0.0515. The molecular formula is C15H27N3O.